The number of fused-ring (bicyclic) bond motifs is 1. The van der Waals surface area contributed by atoms with Gasteiger partial charge in [-0.05, 0) is 79.4 Å². The summed E-state index contributed by atoms with van der Waals surface area (Å²) in [7, 11) is 1.66. The zero-order valence-corrected chi connectivity index (χ0v) is 18.6. The maximum atomic E-state index is 13.1. The number of benzene rings is 2. The summed E-state index contributed by atoms with van der Waals surface area (Å²) in [6, 6.07) is 17.0. The Bertz CT molecular complexity index is 1180. The second-order valence-electron chi connectivity index (χ2n) is 7.93. The molecule has 0 spiro atoms. The van der Waals surface area contributed by atoms with Crippen LogP contribution >= 0.6 is 0 Å². The Morgan fingerprint density at radius 3 is 2.50 bits per heavy atom. The summed E-state index contributed by atoms with van der Waals surface area (Å²) in [6.45, 7) is 2.12. The van der Waals surface area contributed by atoms with Gasteiger partial charge >= 0.3 is 0 Å². The molecule has 2 heterocycles. The topological polar surface area (TPSA) is 95.5 Å². The van der Waals surface area contributed by atoms with Crippen LogP contribution in [0.5, 0.6) is 11.5 Å². The summed E-state index contributed by atoms with van der Waals surface area (Å²) in [5.74, 6) is 1.86. The van der Waals surface area contributed by atoms with E-state index in [4.69, 9.17) is 9.47 Å². The van der Waals surface area contributed by atoms with Crippen molar-refractivity contribution in [2.45, 2.75) is 30.1 Å². The van der Waals surface area contributed by atoms with Crippen molar-refractivity contribution in [3.05, 3.63) is 65.9 Å². The third-order valence-electron chi connectivity index (χ3n) is 6.00. The average molecular weight is 450 g/mol. The van der Waals surface area contributed by atoms with Crippen molar-refractivity contribution in [1.82, 2.24) is 9.71 Å². The number of rotatable bonds is 6. The van der Waals surface area contributed by atoms with E-state index >= 15 is 0 Å². The number of ether oxygens (including phenoxy) is 2. The zero-order chi connectivity index (χ0) is 22.3. The molecule has 7 nitrogen and oxygen atoms in total. The molecular formula is C24H23N3O4S. The smallest absolute Gasteiger partial charge is 0.236 e. The van der Waals surface area contributed by atoms with Crippen LogP contribution in [0, 0.1) is 6.92 Å². The highest BCUT2D eigenvalue weighted by atomic mass is 32.2. The van der Waals surface area contributed by atoms with Gasteiger partial charge in [0.25, 0.3) is 0 Å². The molecule has 1 aliphatic carbocycles. The van der Waals surface area contributed by atoms with Gasteiger partial charge in [-0.15, -0.1) is 4.72 Å². The van der Waals surface area contributed by atoms with Gasteiger partial charge in [-0.2, -0.15) is 0 Å². The van der Waals surface area contributed by atoms with Crippen molar-refractivity contribution in [3.8, 4) is 22.6 Å². The molecule has 2 aromatic carbocycles. The van der Waals surface area contributed by atoms with Crippen molar-refractivity contribution in [3.63, 3.8) is 0 Å². The first-order chi connectivity index (χ1) is 15.5. The van der Waals surface area contributed by atoms with Gasteiger partial charge in [-0.1, -0.05) is 6.07 Å². The summed E-state index contributed by atoms with van der Waals surface area (Å²) >= 11 is -1.22. The van der Waals surface area contributed by atoms with E-state index in [1.165, 1.54) is 0 Å². The van der Waals surface area contributed by atoms with Crippen molar-refractivity contribution in [2.75, 3.05) is 19.2 Å². The number of nitrogens with zero attached hydrogens (tertiary/aromatic N) is 1. The van der Waals surface area contributed by atoms with Crippen molar-refractivity contribution in [2.24, 2.45) is 0 Å². The van der Waals surface area contributed by atoms with E-state index in [9.17, 15) is 9.35 Å². The van der Waals surface area contributed by atoms with E-state index in [2.05, 4.69) is 15.0 Å². The van der Waals surface area contributed by atoms with Crippen LogP contribution in [0.2, 0.25) is 0 Å². The lowest BCUT2D eigenvalue weighted by atomic mass is 9.94. The second-order valence-corrected chi connectivity index (χ2v) is 9.35. The molecule has 3 aromatic rings. The van der Waals surface area contributed by atoms with Gasteiger partial charge in [0.2, 0.25) is 12.7 Å². The van der Waals surface area contributed by atoms with Crippen LogP contribution in [-0.4, -0.2) is 29.3 Å². The van der Waals surface area contributed by atoms with E-state index in [1.807, 2.05) is 61.5 Å². The molecule has 1 saturated carbocycles. The molecule has 1 amide bonds. The van der Waals surface area contributed by atoms with E-state index < -0.39 is 16.8 Å². The Balaban J connectivity index is 1.33. The van der Waals surface area contributed by atoms with E-state index in [-0.39, 0.29) is 12.7 Å². The summed E-state index contributed by atoms with van der Waals surface area (Å²) < 4.78 is 25.4. The van der Waals surface area contributed by atoms with Gasteiger partial charge in [-0.25, -0.2) is 4.98 Å². The minimum atomic E-state index is -1.22. The van der Waals surface area contributed by atoms with E-state index in [0.717, 1.165) is 35.2 Å². The molecule has 0 saturated heterocycles. The first kappa shape index (κ1) is 20.8. The fraction of sp³-hybridized carbons (Fsp3) is 0.250. The molecule has 8 heteroatoms. The quantitative estimate of drug-likeness (QED) is 0.557. The van der Waals surface area contributed by atoms with Gasteiger partial charge in [0.15, 0.2) is 16.4 Å². The maximum absolute atomic E-state index is 13.1. The van der Waals surface area contributed by atoms with Crippen LogP contribution < -0.4 is 19.5 Å². The Kier molecular flexibility index (Phi) is 5.28. The Morgan fingerprint density at radius 2 is 1.81 bits per heavy atom. The number of amides is 1. The number of carbonyl (C=O) groups is 1. The van der Waals surface area contributed by atoms with E-state index in [1.54, 1.807) is 7.05 Å². The fourth-order valence-electron chi connectivity index (χ4n) is 4.01. The van der Waals surface area contributed by atoms with E-state index in [0.29, 0.717) is 22.2 Å². The number of nitrogens with one attached hydrogen (secondary N) is 2. The largest absolute Gasteiger partial charge is 0.593 e. The molecule has 32 heavy (non-hydrogen) atoms. The molecule has 1 unspecified atom stereocenters. The Hall–Kier alpha value is -3.07. The number of hydrogen-bond donors (Lipinski definition) is 2. The molecule has 2 aliphatic rings. The molecule has 5 rings (SSSR count). The van der Waals surface area contributed by atoms with Crippen LogP contribution in [0.3, 0.4) is 0 Å². The molecule has 2 N–H and O–H groups in total. The summed E-state index contributed by atoms with van der Waals surface area (Å²) in [4.78, 5) is 18.5. The minimum absolute atomic E-state index is 0.0603. The number of pyridine rings is 1. The molecule has 0 radical (unpaired) electrons. The highest BCUT2D eigenvalue weighted by molar-refractivity contribution is 7.89. The molecule has 164 valence electrons. The third kappa shape index (κ3) is 3.70. The first-order valence-electron chi connectivity index (χ1n) is 10.4. The Morgan fingerprint density at radius 1 is 1.06 bits per heavy atom. The normalized spacial score (nSPS) is 16.5. The molecule has 0 bridgehead atoms. The lowest BCUT2D eigenvalue weighted by molar-refractivity contribution is -0.118. The zero-order valence-electron chi connectivity index (χ0n) is 17.8. The lowest BCUT2D eigenvalue weighted by Crippen LogP contribution is -2.28. The maximum Gasteiger partial charge on any atom is 0.236 e. The first-order valence-corrected chi connectivity index (χ1v) is 11.5. The van der Waals surface area contributed by atoms with Gasteiger partial charge in [0.1, 0.15) is 5.82 Å². The van der Waals surface area contributed by atoms with Gasteiger partial charge in [0.05, 0.1) is 16.8 Å². The molecular weight excluding hydrogens is 426 g/mol. The SMILES string of the molecule is CN[S+]([O-])c1ccc(-c2ccc(NC(=O)C3(c4ccc5c(c4)OCO5)CC3)nc2C)cc1. The molecule has 1 aromatic heterocycles. The van der Waals surface area contributed by atoms with Crippen LogP contribution in [0.4, 0.5) is 5.82 Å². The number of aryl methyl sites for hydroxylation is 1. The van der Waals surface area contributed by atoms with Crippen LogP contribution in [0.15, 0.2) is 59.5 Å². The van der Waals surface area contributed by atoms with Gasteiger partial charge in [0, 0.05) is 18.3 Å². The molecule has 1 fully saturated rings. The highest BCUT2D eigenvalue weighted by Gasteiger charge is 2.51. The Labute approximate surface area is 189 Å². The van der Waals surface area contributed by atoms with Gasteiger partial charge in [-0.3, -0.25) is 4.79 Å². The molecule has 1 aliphatic heterocycles. The number of hydrogen-bond acceptors (Lipinski definition) is 6. The monoisotopic (exact) mass is 449 g/mol. The number of aromatic nitrogens is 1. The van der Waals surface area contributed by atoms with Crippen LogP contribution in [0.1, 0.15) is 24.1 Å². The van der Waals surface area contributed by atoms with Crippen molar-refractivity contribution in [1.29, 1.82) is 0 Å². The number of carbonyl (C=O) groups excluding carboxylic acids is 1. The summed E-state index contributed by atoms with van der Waals surface area (Å²) in [5.41, 5.74) is 3.13. The number of anilines is 1. The highest BCUT2D eigenvalue weighted by Crippen LogP contribution is 2.51. The fourth-order valence-corrected chi connectivity index (χ4v) is 4.63. The summed E-state index contributed by atoms with van der Waals surface area (Å²) in [5, 5.41) is 2.99. The van der Waals surface area contributed by atoms with Crippen molar-refractivity contribution >= 4 is 23.1 Å². The van der Waals surface area contributed by atoms with Gasteiger partial charge < -0.3 is 19.3 Å². The second kappa shape index (κ2) is 8.12. The predicted octanol–water partition coefficient (Wildman–Crippen LogP) is 3.70. The predicted molar refractivity (Wildman–Crippen MR) is 122 cm³/mol. The van der Waals surface area contributed by atoms with Crippen LogP contribution in [0.25, 0.3) is 11.1 Å². The lowest BCUT2D eigenvalue weighted by Gasteiger charge is -2.17. The third-order valence-corrected chi connectivity index (χ3v) is 7.07. The standard InChI is InChI=1S/C24H23N3O4S/c1-15-19(16-3-6-18(7-4-16)32(29)25-2)8-10-22(26-15)27-23(28)24(11-12-24)17-5-9-20-21(13-17)31-14-30-20/h3-10,13,25H,11-12,14H2,1-2H3,(H,26,27,28). The van der Waals surface area contributed by atoms with Crippen LogP contribution in [-0.2, 0) is 21.6 Å². The van der Waals surface area contributed by atoms with Crippen molar-refractivity contribution < 1.29 is 18.8 Å². The molecule has 1 atom stereocenters. The minimum Gasteiger partial charge on any atom is -0.593 e. The summed E-state index contributed by atoms with van der Waals surface area (Å²) in [6.07, 6.45) is 1.58. The average Bonchev–Trinajstić information content (AvgIpc) is 3.49.